The monoisotopic (exact) mass is 533 g/mol. The highest BCUT2D eigenvalue weighted by molar-refractivity contribution is 8.00. The van der Waals surface area contributed by atoms with Crippen molar-refractivity contribution in [2.75, 3.05) is 44.8 Å². The van der Waals surface area contributed by atoms with Gasteiger partial charge in [-0.2, -0.15) is 0 Å². The van der Waals surface area contributed by atoms with Crippen molar-refractivity contribution in [3.63, 3.8) is 0 Å². The van der Waals surface area contributed by atoms with Crippen molar-refractivity contribution in [2.45, 2.75) is 24.3 Å². The summed E-state index contributed by atoms with van der Waals surface area (Å²) >= 11 is 2.54. The number of oxime groups is 1. The van der Waals surface area contributed by atoms with Gasteiger partial charge in [-0.15, -0.1) is 23.1 Å². The predicted molar refractivity (Wildman–Crippen MR) is 131 cm³/mol. The molecule has 190 valence electrons. The average molecular weight is 534 g/mol. The SMILES string of the molecule is CO/N=C(\C(=O)N[C@@H]1C(=O)N2C(C(=O)O)=C(C[N+]34CCC(CC3)C(=C=O)C4)CS[C@H]12)c1csc(N)n1. The number of hydrogen-bond acceptors (Lipinski definition) is 10. The van der Waals surface area contributed by atoms with E-state index in [0.29, 0.717) is 28.9 Å². The number of carbonyl (C=O) groups excluding carboxylic acids is 3. The molecule has 2 atom stereocenters. The first-order valence-electron chi connectivity index (χ1n) is 11.4. The molecule has 14 heteroatoms. The molecule has 6 rings (SSSR count). The number of aromatic nitrogens is 1. The Balaban J connectivity index is 1.35. The molecule has 1 aromatic heterocycles. The number of nitrogens with zero attached hydrogens (tertiary/aromatic N) is 4. The van der Waals surface area contributed by atoms with Gasteiger partial charge in [-0.25, -0.2) is 14.6 Å². The maximum Gasteiger partial charge on any atom is 0.352 e. The van der Waals surface area contributed by atoms with Crippen LogP contribution < -0.4 is 11.1 Å². The first-order chi connectivity index (χ1) is 17.3. The Morgan fingerprint density at radius 3 is 2.78 bits per heavy atom. The molecule has 4 fully saturated rings. The molecular formula is C22H25N6O6S2+. The Hall–Kier alpha value is -3.19. The number of piperidine rings is 3. The predicted octanol–water partition coefficient (Wildman–Crippen LogP) is -0.187. The summed E-state index contributed by atoms with van der Waals surface area (Å²) in [6.45, 7) is 2.79. The molecule has 0 aliphatic carbocycles. The lowest BCUT2D eigenvalue weighted by atomic mass is 9.81. The lowest BCUT2D eigenvalue weighted by molar-refractivity contribution is -0.931. The van der Waals surface area contributed by atoms with Gasteiger partial charge in [0.05, 0.1) is 18.7 Å². The quantitative estimate of drug-likeness (QED) is 0.142. The van der Waals surface area contributed by atoms with Gasteiger partial charge in [-0.05, 0) is 0 Å². The average Bonchev–Trinajstić information content (AvgIpc) is 3.31. The summed E-state index contributed by atoms with van der Waals surface area (Å²) in [6, 6.07) is -0.918. The van der Waals surface area contributed by atoms with Crippen LogP contribution in [0.4, 0.5) is 5.13 Å². The van der Waals surface area contributed by atoms with E-state index < -0.39 is 29.2 Å². The summed E-state index contributed by atoms with van der Waals surface area (Å²) < 4.78 is 0.619. The standard InChI is InChI=1S/C22H24N6O6S2/c1-34-26-15(14-10-36-22(23)24-14)18(30)25-16-19(31)27-17(21(32)33)13(9-35-20(16)27)7-28-4-2-11(3-5-28)12(6-28)8-29/h10-11,16,20H,2-7,9H2,1H3,(H3-,23,24,25,30,32,33)/p+1/b26-15-/t11?,16-,20-,28?/m1/s1. The zero-order valence-corrected chi connectivity index (χ0v) is 21.1. The fraction of sp³-hybridized carbons (Fsp3) is 0.500. The van der Waals surface area contributed by atoms with Gasteiger partial charge >= 0.3 is 5.97 Å². The molecule has 2 bridgehead atoms. The molecule has 12 nitrogen and oxygen atoms in total. The number of quaternary nitrogens is 1. The number of thioether (sulfide) groups is 1. The summed E-state index contributed by atoms with van der Waals surface area (Å²) in [6.07, 6.45) is 1.78. The zero-order chi connectivity index (χ0) is 25.6. The Bertz CT molecular complexity index is 1240. The second-order valence-corrected chi connectivity index (χ2v) is 11.3. The van der Waals surface area contributed by atoms with Gasteiger partial charge in [-0.3, -0.25) is 14.5 Å². The summed E-state index contributed by atoms with van der Waals surface area (Å²) in [5.74, 6) is 0.445. The molecular weight excluding hydrogens is 508 g/mol. The van der Waals surface area contributed by atoms with Crippen LogP contribution in [0.2, 0.25) is 0 Å². The van der Waals surface area contributed by atoms with Crippen LogP contribution in [-0.4, -0.2) is 99.4 Å². The minimum absolute atomic E-state index is 0.0239. The number of β-lactam (4-membered cyclic amide) rings is 1. The van der Waals surface area contributed by atoms with Crippen LogP contribution in [0.3, 0.4) is 0 Å². The van der Waals surface area contributed by atoms with Crippen molar-refractivity contribution >= 4 is 57.7 Å². The van der Waals surface area contributed by atoms with E-state index in [1.165, 1.54) is 23.8 Å². The number of hydrogen-bond donors (Lipinski definition) is 3. The van der Waals surface area contributed by atoms with Crippen LogP contribution in [0.15, 0.2) is 27.4 Å². The van der Waals surface area contributed by atoms with E-state index in [-0.39, 0.29) is 28.2 Å². The maximum atomic E-state index is 13.1. The smallest absolute Gasteiger partial charge is 0.352 e. The van der Waals surface area contributed by atoms with E-state index in [1.54, 1.807) is 5.38 Å². The number of rotatable bonds is 7. The zero-order valence-electron chi connectivity index (χ0n) is 19.4. The molecule has 4 saturated heterocycles. The second kappa shape index (κ2) is 9.36. The summed E-state index contributed by atoms with van der Waals surface area (Å²) in [7, 11) is 1.28. The van der Waals surface area contributed by atoms with Gasteiger partial charge < -0.3 is 25.5 Å². The highest BCUT2D eigenvalue weighted by Gasteiger charge is 2.55. The molecule has 6 heterocycles. The topological polar surface area (TPSA) is 164 Å². The van der Waals surface area contributed by atoms with Crippen molar-refractivity contribution in [2.24, 2.45) is 11.1 Å². The van der Waals surface area contributed by atoms with Gasteiger partial charge in [-0.1, -0.05) is 5.16 Å². The first-order valence-corrected chi connectivity index (χ1v) is 13.3. The van der Waals surface area contributed by atoms with Crippen LogP contribution in [0, 0.1) is 5.92 Å². The van der Waals surface area contributed by atoms with Crippen molar-refractivity contribution in [1.29, 1.82) is 0 Å². The van der Waals surface area contributed by atoms with Gasteiger partial charge in [0.25, 0.3) is 11.8 Å². The molecule has 4 N–H and O–H groups in total. The number of nitrogen functional groups attached to an aromatic ring is 1. The molecule has 1 aromatic rings. The first kappa shape index (κ1) is 24.5. The van der Waals surface area contributed by atoms with Gasteiger partial charge in [0.2, 0.25) is 0 Å². The molecule has 0 spiro atoms. The molecule has 0 unspecified atom stereocenters. The third-order valence-corrected chi connectivity index (χ3v) is 9.27. The Kier molecular flexibility index (Phi) is 6.37. The molecule has 2 amide bonds. The second-order valence-electron chi connectivity index (χ2n) is 9.32. The van der Waals surface area contributed by atoms with Crippen molar-refractivity contribution in [1.82, 2.24) is 15.2 Å². The number of aliphatic carboxylic acids is 1. The van der Waals surface area contributed by atoms with Gasteiger partial charge in [0, 0.05) is 35.5 Å². The molecule has 0 aromatic carbocycles. The fourth-order valence-electron chi connectivity index (χ4n) is 5.55. The van der Waals surface area contributed by atoms with E-state index in [4.69, 9.17) is 10.6 Å². The third kappa shape index (κ3) is 4.09. The van der Waals surface area contributed by atoms with Crippen molar-refractivity contribution < 1.29 is 33.6 Å². The summed E-state index contributed by atoms with van der Waals surface area (Å²) in [5, 5.41) is 17.7. The lowest BCUT2D eigenvalue weighted by Crippen LogP contribution is -2.71. The highest BCUT2D eigenvalue weighted by atomic mass is 32.2. The van der Waals surface area contributed by atoms with Crippen LogP contribution in [0.25, 0.3) is 0 Å². The van der Waals surface area contributed by atoms with E-state index in [0.717, 1.165) is 42.8 Å². The van der Waals surface area contributed by atoms with Crippen LogP contribution in [-0.2, 0) is 24.0 Å². The molecule has 5 aliphatic heterocycles. The minimum atomic E-state index is -1.18. The molecule has 5 aliphatic rings. The number of nitrogens with one attached hydrogen (secondary N) is 1. The summed E-state index contributed by atoms with van der Waals surface area (Å²) in [4.78, 5) is 59.8. The summed E-state index contributed by atoms with van der Waals surface area (Å²) in [5.41, 5.74) is 7.17. The van der Waals surface area contributed by atoms with E-state index >= 15 is 0 Å². The van der Waals surface area contributed by atoms with Crippen LogP contribution >= 0.6 is 23.1 Å². The number of carboxylic acids is 1. The number of carbonyl (C=O) groups is 3. The minimum Gasteiger partial charge on any atom is -0.477 e. The number of fused-ring (bicyclic) bond motifs is 4. The number of amides is 2. The number of thiazole rings is 1. The maximum absolute atomic E-state index is 13.1. The number of anilines is 1. The van der Waals surface area contributed by atoms with Gasteiger partial charge in [0.15, 0.2) is 10.8 Å². The Morgan fingerprint density at radius 2 is 2.17 bits per heavy atom. The Labute approximate surface area is 214 Å². The molecule has 0 radical (unpaired) electrons. The fourth-order valence-corrected chi connectivity index (χ4v) is 7.44. The van der Waals surface area contributed by atoms with Crippen molar-refractivity contribution in [3.05, 3.63) is 27.9 Å². The Morgan fingerprint density at radius 1 is 1.42 bits per heavy atom. The largest absolute Gasteiger partial charge is 0.477 e. The highest BCUT2D eigenvalue weighted by Crippen LogP contribution is 2.43. The van der Waals surface area contributed by atoms with E-state index in [9.17, 15) is 24.3 Å². The lowest BCUT2D eigenvalue weighted by Gasteiger charge is -2.52. The molecule has 0 saturated carbocycles. The van der Waals surface area contributed by atoms with E-state index in [2.05, 4.69) is 21.4 Å². The van der Waals surface area contributed by atoms with Crippen molar-refractivity contribution in [3.8, 4) is 0 Å². The van der Waals surface area contributed by atoms with E-state index in [1.807, 2.05) is 0 Å². The third-order valence-electron chi connectivity index (χ3n) is 7.26. The van der Waals surface area contributed by atoms with Crippen LogP contribution in [0.5, 0.6) is 0 Å². The van der Waals surface area contributed by atoms with Gasteiger partial charge in [0.1, 0.15) is 48.9 Å². The normalized spacial score (nSPS) is 29.4. The number of nitrogens with two attached hydrogens (primary N) is 1. The molecule has 36 heavy (non-hydrogen) atoms. The number of carboxylic acid groups (broad SMARTS) is 1. The van der Waals surface area contributed by atoms with Crippen LogP contribution in [0.1, 0.15) is 18.5 Å².